The second-order valence-electron chi connectivity index (χ2n) is 3.35. The van der Waals surface area contributed by atoms with Crippen molar-refractivity contribution < 1.29 is 23.8 Å². The molecule has 7 nitrogen and oxygen atoms in total. The summed E-state index contributed by atoms with van der Waals surface area (Å²) in [6.07, 6.45) is 1.33. The van der Waals surface area contributed by atoms with E-state index in [1.54, 1.807) is 0 Å². The van der Waals surface area contributed by atoms with E-state index in [1.165, 1.54) is 4.68 Å². The topological polar surface area (TPSA) is 96.4 Å². The monoisotopic (exact) mass is 215 g/mol. The number of rotatable bonds is 2. The third kappa shape index (κ3) is 1.78. The van der Waals surface area contributed by atoms with Crippen molar-refractivity contribution in [2.24, 2.45) is 0 Å². The van der Waals surface area contributed by atoms with Crippen LogP contribution in [-0.2, 0) is 4.74 Å². The summed E-state index contributed by atoms with van der Waals surface area (Å²) in [6.45, 7) is 1.12. The lowest BCUT2D eigenvalue weighted by Crippen LogP contribution is -2.49. The summed E-state index contributed by atoms with van der Waals surface area (Å²) in [4.78, 5) is 21.9. The molecule has 1 aliphatic heterocycles. The molecule has 1 aromatic heterocycles. The molecule has 82 valence electrons. The SMILES string of the molecule is O=C(O)c1c(=O)o[nH][n+]1C1CCOCC1. The molecule has 15 heavy (non-hydrogen) atoms. The Bertz CT molecular complexity index is 415. The minimum absolute atomic E-state index is 0.0729. The number of carboxylic acid groups (broad SMARTS) is 1. The maximum atomic E-state index is 11.1. The fraction of sp³-hybridized carbons (Fsp3) is 0.625. The van der Waals surface area contributed by atoms with Gasteiger partial charge in [0.2, 0.25) is 0 Å². The van der Waals surface area contributed by atoms with Crippen LogP contribution in [0.4, 0.5) is 0 Å². The van der Waals surface area contributed by atoms with Crippen LogP contribution in [0.2, 0.25) is 0 Å². The molecule has 0 amide bonds. The Kier molecular flexibility index (Phi) is 2.55. The average molecular weight is 215 g/mol. The average Bonchev–Trinajstić information content (AvgIpc) is 2.61. The molecule has 0 bridgehead atoms. The van der Waals surface area contributed by atoms with Gasteiger partial charge in [0.1, 0.15) is 0 Å². The zero-order valence-corrected chi connectivity index (χ0v) is 7.93. The normalized spacial score (nSPS) is 17.9. The van der Waals surface area contributed by atoms with Gasteiger partial charge in [-0.2, -0.15) is 0 Å². The van der Waals surface area contributed by atoms with E-state index in [0.717, 1.165) is 0 Å². The van der Waals surface area contributed by atoms with Gasteiger partial charge in [0, 0.05) is 12.8 Å². The molecule has 0 saturated carbocycles. The van der Waals surface area contributed by atoms with Gasteiger partial charge in [-0.3, -0.25) is 4.52 Å². The molecule has 0 radical (unpaired) electrons. The van der Waals surface area contributed by atoms with E-state index in [4.69, 9.17) is 9.84 Å². The molecular weight excluding hydrogens is 204 g/mol. The molecule has 0 atom stereocenters. The van der Waals surface area contributed by atoms with Crippen molar-refractivity contribution in [3.8, 4) is 0 Å². The maximum absolute atomic E-state index is 11.1. The van der Waals surface area contributed by atoms with Crippen LogP contribution < -0.4 is 10.3 Å². The summed E-state index contributed by atoms with van der Waals surface area (Å²) in [6, 6.07) is -0.0729. The summed E-state index contributed by atoms with van der Waals surface area (Å²) in [5.41, 5.74) is -1.21. The van der Waals surface area contributed by atoms with Gasteiger partial charge in [0.15, 0.2) is 6.04 Å². The Morgan fingerprint density at radius 3 is 2.73 bits per heavy atom. The predicted molar refractivity (Wildman–Crippen MR) is 45.6 cm³/mol. The van der Waals surface area contributed by atoms with Crippen molar-refractivity contribution in [2.45, 2.75) is 18.9 Å². The van der Waals surface area contributed by atoms with Crippen LogP contribution in [0.5, 0.6) is 0 Å². The first kappa shape index (κ1) is 9.91. The number of carboxylic acids is 1. The Labute approximate surface area is 84.2 Å². The molecular formula is C8H11N2O5+. The number of aromatic nitrogens is 2. The van der Waals surface area contributed by atoms with Crippen molar-refractivity contribution in [1.29, 1.82) is 0 Å². The number of hydrogen-bond donors (Lipinski definition) is 2. The maximum Gasteiger partial charge on any atom is 0.442 e. The van der Waals surface area contributed by atoms with Crippen LogP contribution in [0.1, 0.15) is 29.4 Å². The van der Waals surface area contributed by atoms with Crippen molar-refractivity contribution >= 4 is 5.97 Å². The number of aromatic amines is 1. The third-order valence-corrected chi connectivity index (χ3v) is 2.43. The second-order valence-corrected chi connectivity index (χ2v) is 3.35. The van der Waals surface area contributed by atoms with E-state index in [0.29, 0.717) is 26.1 Å². The molecule has 1 fully saturated rings. The summed E-state index contributed by atoms with van der Waals surface area (Å²) < 4.78 is 10.9. The van der Waals surface area contributed by atoms with Gasteiger partial charge in [0.25, 0.3) is 0 Å². The zero-order chi connectivity index (χ0) is 10.8. The van der Waals surface area contributed by atoms with Crippen molar-refractivity contribution in [2.75, 3.05) is 13.2 Å². The number of nitrogens with zero attached hydrogens (tertiary/aromatic N) is 1. The number of aromatic carboxylic acids is 1. The minimum atomic E-state index is -1.28. The molecule has 7 heteroatoms. The van der Waals surface area contributed by atoms with E-state index >= 15 is 0 Å². The molecule has 0 aromatic carbocycles. The number of hydrogen-bond acceptors (Lipinski definition) is 4. The molecule has 0 unspecified atom stereocenters. The minimum Gasteiger partial charge on any atom is -0.473 e. The van der Waals surface area contributed by atoms with E-state index in [2.05, 4.69) is 9.79 Å². The summed E-state index contributed by atoms with van der Waals surface area (Å²) in [7, 11) is 0. The highest BCUT2D eigenvalue weighted by molar-refractivity contribution is 5.82. The van der Waals surface area contributed by atoms with Crippen LogP contribution in [0.15, 0.2) is 9.32 Å². The molecule has 0 aliphatic carbocycles. The van der Waals surface area contributed by atoms with Gasteiger partial charge >= 0.3 is 17.3 Å². The Hall–Kier alpha value is -1.63. The largest absolute Gasteiger partial charge is 0.473 e. The quantitative estimate of drug-likeness (QED) is 0.636. The van der Waals surface area contributed by atoms with E-state index in [-0.39, 0.29) is 11.7 Å². The van der Waals surface area contributed by atoms with Crippen molar-refractivity contribution in [3.63, 3.8) is 0 Å². The van der Waals surface area contributed by atoms with Crippen LogP contribution in [0.25, 0.3) is 0 Å². The standard InChI is InChI=1S/C8H10N2O5/c11-7(12)6-8(13)15-9-10(6)5-1-3-14-4-2-5/h5H,1-4H2,(H-,9,11,12,13)/p+1. The number of ether oxygens (including phenoxy) is 1. The van der Waals surface area contributed by atoms with Crippen LogP contribution >= 0.6 is 0 Å². The predicted octanol–water partition coefficient (Wildman–Crippen LogP) is -0.695. The summed E-state index contributed by atoms with van der Waals surface area (Å²) in [5.74, 6) is -1.28. The van der Waals surface area contributed by atoms with Gasteiger partial charge in [0.05, 0.1) is 13.2 Å². The Balaban J connectivity index is 2.34. The lowest BCUT2D eigenvalue weighted by atomic mass is 10.1. The lowest BCUT2D eigenvalue weighted by molar-refractivity contribution is -0.789. The molecule has 1 aliphatic rings. The third-order valence-electron chi connectivity index (χ3n) is 2.43. The van der Waals surface area contributed by atoms with E-state index < -0.39 is 11.6 Å². The number of nitrogens with one attached hydrogen (secondary N) is 1. The second kappa shape index (κ2) is 3.85. The molecule has 1 saturated heterocycles. The fourth-order valence-electron chi connectivity index (χ4n) is 1.67. The molecule has 2 N–H and O–H groups in total. The molecule has 0 spiro atoms. The van der Waals surface area contributed by atoms with E-state index in [1.807, 2.05) is 0 Å². The van der Waals surface area contributed by atoms with Gasteiger partial charge < -0.3 is 9.84 Å². The first-order valence-corrected chi connectivity index (χ1v) is 4.64. The van der Waals surface area contributed by atoms with Crippen LogP contribution in [0.3, 0.4) is 0 Å². The lowest BCUT2D eigenvalue weighted by Gasteiger charge is -2.15. The molecule has 2 rings (SSSR count). The number of H-pyrrole nitrogens is 1. The molecule has 1 aromatic rings. The highest BCUT2D eigenvalue weighted by atomic mass is 16.5. The van der Waals surface area contributed by atoms with Gasteiger partial charge in [-0.05, 0) is 5.27 Å². The van der Waals surface area contributed by atoms with E-state index in [9.17, 15) is 9.59 Å². The molecule has 2 heterocycles. The zero-order valence-electron chi connectivity index (χ0n) is 7.93. The summed E-state index contributed by atoms with van der Waals surface area (Å²) in [5, 5.41) is 11.2. The first-order chi connectivity index (χ1) is 7.20. The van der Waals surface area contributed by atoms with Crippen molar-refractivity contribution in [3.05, 3.63) is 16.1 Å². The van der Waals surface area contributed by atoms with Gasteiger partial charge in [-0.1, -0.05) is 4.68 Å². The van der Waals surface area contributed by atoms with Gasteiger partial charge in [-0.15, -0.1) is 0 Å². The Morgan fingerprint density at radius 1 is 1.47 bits per heavy atom. The summed E-state index contributed by atoms with van der Waals surface area (Å²) >= 11 is 0. The van der Waals surface area contributed by atoms with Crippen LogP contribution in [-0.4, -0.2) is 29.6 Å². The highest BCUT2D eigenvalue weighted by Gasteiger charge is 2.35. The Morgan fingerprint density at radius 2 is 2.13 bits per heavy atom. The number of carbonyl (C=O) groups is 1. The van der Waals surface area contributed by atoms with Crippen LogP contribution in [0, 0.1) is 0 Å². The highest BCUT2D eigenvalue weighted by Crippen LogP contribution is 2.13. The smallest absolute Gasteiger partial charge is 0.442 e. The van der Waals surface area contributed by atoms with Gasteiger partial charge in [-0.25, -0.2) is 9.59 Å². The fourth-order valence-corrected chi connectivity index (χ4v) is 1.67. The first-order valence-electron chi connectivity index (χ1n) is 4.64. The van der Waals surface area contributed by atoms with Crippen molar-refractivity contribution in [1.82, 2.24) is 5.27 Å².